The summed E-state index contributed by atoms with van der Waals surface area (Å²) in [5.74, 6) is -0.446. The Labute approximate surface area is 545 Å². The lowest BCUT2D eigenvalue weighted by molar-refractivity contribution is -0.235. The molecule has 0 saturated heterocycles. The number of unbranched alkanes of at least 4 members (excludes halogenated alkanes) is 15. The van der Waals surface area contributed by atoms with Crippen LogP contribution in [0.15, 0.2) is 206 Å². The van der Waals surface area contributed by atoms with Crippen LogP contribution in [0.2, 0.25) is 0 Å². The van der Waals surface area contributed by atoms with Crippen molar-refractivity contribution in [2.45, 2.75) is 224 Å². The monoisotopic (exact) mass is 1240 g/mol. The Balaban J connectivity index is 1.09. The van der Waals surface area contributed by atoms with Gasteiger partial charge in [0, 0.05) is 12.3 Å². The summed E-state index contributed by atoms with van der Waals surface area (Å²) in [4.78, 5) is 14.8. The summed E-state index contributed by atoms with van der Waals surface area (Å²) in [5, 5.41) is 3.57. The van der Waals surface area contributed by atoms with Crippen molar-refractivity contribution in [3.63, 3.8) is 0 Å². The summed E-state index contributed by atoms with van der Waals surface area (Å²) in [7, 11) is 0. The van der Waals surface area contributed by atoms with Crippen molar-refractivity contribution in [1.29, 1.82) is 0 Å². The maximum atomic E-state index is 14.8. The standard InChI is InChI=1S/C81H104FNO8/c1-2-3-4-5-6-7-8-9-10-11-14-35-50-75(86-58-67-40-25-17-26-41-67)79(89-60-69-44-29-19-30-45-69)74(83-77(84)51-36-15-12-13-22-37-65-52-54-73(82)55-53-65)64-87-76-56-72(63-85-57-66-38-23-16-24-39-66)78(88-59-68-42-27-18-28-43-68)81(91-62-71-48-33-21-34-49-71)80(76)90-61-70-46-31-20-32-47-70/h16-21,23-34,38-49,52-55,72,74-76,78-81H,2-15,22,35-37,50-51,56-64H2,1H3,(H,83,84)/t72-,74+,75-,76+,78+,79+,80+,81+/m1/s1. The number of hydrogen-bond donors (Lipinski definition) is 1. The third-order valence-electron chi connectivity index (χ3n) is 17.6. The molecule has 7 aromatic carbocycles. The zero-order valence-electron chi connectivity index (χ0n) is 54.4. The molecule has 0 aliphatic heterocycles. The number of carbonyl (C=O) groups is 1. The van der Waals surface area contributed by atoms with E-state index in [1.165, 1.54) is 69.9 Å². The second kappa shape index (κ2) is 42.7. The van der Waals surface area contributed by atoms with Gasteiger partial charge in [-0.2, -0.15) is 0 Å². The van der Waals surface area contributed by atoms with Crippen LogP contribution in [0.5, 0.6) is 0 Å². The van der Waals surface area contributed by atoms with Gasteiger partial charge in [-0.25, -0.2) is 4.39 Å². The zero-order chi connectivity index (χ0) is 63.0. The molecule has 1 aliphatic rings. The Morgan fingerprint density at radius 1 is 0.429 bits per heavy atom. The number of amides is 1. The van der Waals surface area contributed by atoms with E-state index in [4.69, 9.17) is 33.2 Å². The van der Waals surface area contributed by atoms with E-state index in [2.05, 4.69) is 97.2 Å². The first-order chi connectivity index (χ1) is 45.0. The highest BCUT2D eigenvalue weighted by molar-refractivity contribution is 5.76. The normalized spacial score (nSPS) is 17.5. The van der Waals surface area contributed by atoms with E-state index in [1.54, 1.807) is 0 Å². The lowest BCUT2D eigenvalue weighted by Crippen LogP contribution is -2.59. The number of carbonyl (C=O) groups excluding carboxylic acids is 1. The molecule has 488 valence electrons. The van der Waals surface area contributed by atoms with Gasteiger partial charge in [-0.05, 0) is 83.2 Å². The highest BCUT2D eigenvalue weighted by atomic mass is 19.1. The minimum absolute atomic E-state index is 0.0495. The molecule has 1 amide bonds. The molecule has 1 fully saturated rings. The van der Waals surface area contributed by atoms with E-state index in [0.717, 1.165) is 103 Å². The molecule has 91 heavy (non-hydrogen) atoms. The molecule has 0 heterocycles. The van der Waals surface area contributed by atoms with Gasteiger partial charge in [-0.15, -0.1) is 0 Å². The van der Waals surface area contributed by atoms with Crippen LogP contribution in [-0.4, -0.2) is 61.8 Å². The van der Waals surface area contributed by atoms with Crippen molar-refractivity contribution < 1.29 is 42.3 Å². The number of benzene rings is 7. The molecule has 1 saturated carbocycles. The number of aryl methyl sites for hydroxylation is 1. The predicted octanol–water partition coefficient (Wildman–Crippen LogP) is 18.8. The Kier molecular flexibility index (Phi) is 33.1. The van der Waals surface area contributed by atoms with Gasteiger partial charge >= 0.3 is 0 Å². The van der Waals surface area contributed by atoms with E-state index >= 15 is 0 Å². The van der Waals surface area contributed by atoms with Gasteiger partial charge < -0.3 is 38.5 Å². The van der Waals surface area contributed by atoms with Crippen LogP contribution < -0.4 is 5.32 Å². The van der Waals surface area contributed by atoms with Gasteiger partial charge in [0.15, 0.2) is 0 Å². The highest BCUT2D eigenvalue weighted by Crippen LogP contribution is 2.37. The lowest BCUT2D eigenvalue weighted by atomic mass is 9.80. The zero-order valence-corrected chi connectivity index (χ0v) is 54.4. The largest absolute Gasteiger partial charge is 0.376 e. The number of rotatable bonds is 46. The van der Waals surface area contributed by atoms with Crippen molar-refractivity contribution in [3.8, 4) is 0 Å². The molecule has 0 spiro atoms. The van der Waals surface area contributed by atoms with Crippen molar-refractivity contribution >= 4 is 5.91 Å². The van der Waals surface area contributed by atoms with Crippen LogP contribution in [0.1, 0.15) is 174 Å². The maximum absolute atomic E-state index is 14.8. The molecule has 0 unspecified atom stereocenters. The van der Waals surface area contributed by atoms with Gasteiger partial charge in [0.25, 0.3) is 0 Å². The predicted molar refractivity (Wildman–Crippen MR) is 364 cm³/mol. The number of hydrogen-bond acceptors (Lipinski definition) is 8. The Morgan fingerprint density at radius 2 is 0.846 bits per heavy atom. The van der Waals surface area contributed by atoms with E-state index in [0.29, 0.717) is 59.1 Å². The molecule has 1 N–H and O–H groups in total. The van der Waals surface area contributed by atoms with Crippen molar-refractivity contribution in [2.24, 2.45) is 5.92 Å². The van der Waals surface area contributed by atoms with E-state index in [1.807, 2.05) is 109 Å². The Hall–Kier alpha value is -6.34. The van der Waals surface area contributed by atoms with Crippen molar-refractivity contribution in [2.75, 3.05) is 13.2 Å². The highest BCUT2D eigenvalue weighted by Gasteiger charge is 2.49. The third kappa shape index (κ3) is 27.0. The molecule has 7 aromatic rings. The second-order valence-corrected chi connectivity index (χ2v) is 25.0. The van der Waals surface area contributed by atoms with Crippen LogP contribution in [-0.2, 0) is 84.0 Å². The first kappa shape index (κ1) is 70.5. The second-order valence-electron chi connectivity index (χ2n) is 25.0. The minimum atomic E-state index is -0.622. The molecule has 0 radical (unpaired) electrons. The molecular formula is C81H104FNO8. The Bertz CT molecular complexity index is 2930. The van der Waals surface area contributed by atoms with Gasteiger partial charge in [0.1, 0.15) is 24.1 Å². The molecule has 0 bridgehead atoms. The number of nitrogens with one attached hydrogen (secondary N) is 1. The first-order valence-corrected chi connectivity index (χ1v) is 34.5. The van der Waals surface area contributed by atoms with Crippen LogP contribution in [0.3, 0.4) is 0 Å². The summed E-state index contributed by atoms with van der Waals surface area (Å²) < 4.78 is 63.8. The molecule has 1 aliphatic carbocycles. The van der Waals surface area contributed by atoms with Gasteiger partial charge in [-0.1, -0.05) is 297 Å². The van der Waals surface area contributed by atoms with Crippen LogP contribution in [0, 0.1) is 11.7 Å². The van der Waals surface area contributed by atoms with E-state index in [-0.39, 0.29) is 24.2 Å². The summed E-state index contributed by atoms with van der Waals surface area (Å²) in [5.41, 5.74) is 7.46. The molecule has 10 heteroatoms. The molecule has 0 aromatic heterocycles. The van der Waals surface area contributed by atoms with Crippen molar-refractivity contribution in [1.82, 2.24) is 5.32 Å². The Morgan fingerprint density at radius 3 is 1.35 bits per heavy atom. The van der Waals surface area contributed by atoms with Crippen LogP contribution in [0.4, 0.5) is 4.39 Å². The molecule has 9 nitrogen and oxygen atoms in total. The van der Waals surface area contributed by atoms with Gasteiger partial charge in [0.05, 0.1) is 77.2 Å². The van der Waals surface area contributed by atoms with E-state index < -0.39 is 42.7 Å². The first-order valence-electron chi connectivity index (χ1n) is 34.5. The smallest absolute Gasteiger partial charge is 0.220 e. The average Bonchev–Trinajstić information content (AvgIpc) is 0.892. The van der Waals surface area contributed by atoms with E-state index in [9.17, 15) is 9.18 Å². The summed E-state index contributed by atoms with van der Waals surface area (Å²) in [6.07, 6.45) is 19.0. The minimum Gasteiger partial charge on any atom is -0.376 e. The summed E-state index contributed by atoms with van der Waals surface area (Å²) in [6.45, 7) is 4.95. The molecule has 8 rings (SSSR count). The third-order valence-corrected chi connectivity index (χ3v) is 17.6. The SMILES string of the molecule is CCCCCCCCCCCCCC[C@@H](OCc1ccccc1)[C@@H](OCc1ccccc1)[C@H](CO[C@H]1C[C@H](COCc2ccccc2)[C@H](OCc2ccccc2)[C@H](OCc2ccccc2)[C@H]1OCc1ccccc1)NC(=O)CCCCCCCc1ccc(F)cc1. The summed E-state index contributed by atoms with van der Waals surface area (Å²) in [6, 6.07) is 68.0. The van der Waals surface area contributed by atoms with Crippen LogP contribution in [0.25, 0.3) is 0 Å². The van der Waals surface area contributed by atoms with Crippen molar-refractivity contribution in [3.05, 3.63) is 251 Å². The van der Waals surface area contributed by atoms with Gasteiger partial charge in [0.2, 0.25) is 5.91 Å². The van der Waals surface area contributed by atoms with Crippen LogP contribution >= 0.6 is 0 Å². The fraction of sp³-hybridized carbons (Fsp3) is 0.469. The number of ether oxygens (including phenoxy) is 7. The molecule has 8 atom stereocenters. The molecular weight excluding hydrogens is 1130 g/mol. The summed E-state index contributed by atoms with van der Waals surface area (Å²) >= 11 is 0. The topological polar surface area (TPSA) is 93.7 Å². The quantitative estimate of drug-likeness (QED) is 0.0377. The fourth-order valence-electron chi connectivity index (χ4n) is 12.5. The van der Waals surface area contributed by atoms with Gasteiger partial charge in [-0.3, -0.25) is 4.79 Å². The maximum Gasteiger partial charge on any atom is 0.220 e. The fourth-order valence-corrected chi connectivity index (χ4v) is 12.5. The average molecular weight is 1240 g/mol. The number of halogens is 1. The lowest BCUT2D eigenvalue weighted by Gasteiger charge is -2.46.